The maximum Gasteiger partial charge on any atom is 0.352 e. The molecule has 0 aliphatic rings. The normalized spacial score (nSPS) is 10.8. The first-order valence-corrected chi connectivity index (χ1v) is 6.91. The lowest BCUT2D eigenvalue weighted by Crippen LogP contribution is -2.13. The Morgan fingerprint density at radius 2 is 2.00 bits per heavy atom. The number of carboxylic acids is 1. The number of halogens is 1. The fraction of sp³-hybridized carbons (Fsp3) is 0.0588. The predicted octanol–water partition coefficient (Wildman–Crippen LogP) is 2.81. The Balaban J connectivity index is 2.11. The molecule has 1 heterocycles. The number of carboxylic acid groups (broad SMARTS) is 1. The topological polar surface area (TPSA) is 92.1 Å². The van der Waals surface area contributed by atoms with Crippen molar-refractivity contribution in [3.63, 3.8) is 0 Å². The Bertz CT molecular complexity index is 931. The average Bonchev–Trinajstić information content (AvgIpc) is 2.85. The van der Waals surface area contributed by atoms with E-state index in [1.165, 1.54) is 18.2 Å². The fourth-order valence-electron chi connectivity index (χ4n) is 2.61. The smallest absolute Gasteiger partial charge is 0.352 e. The van der Waals surface area contributed by atoms with E-state index in [4.69, 9.17) is 11.1 Å². The number of carbonyl (C=O) groups is 1. The van der Waals surface area contributed by atoms with Crippen molar-refractivity contribution in [1.82, 2.24) is 4.57 Å². The minimum Gasteiger partial charge on any atom is -0.477 e. The number of fused-ring (bicyclic) bond motifs is 1. The van der Waals surface area contributed by atoms with E-state index in [1.54, 1.807) is 28.8 Å². The molecule has 23 heavy (non-hydrogen) atoms. The molecule has 3 rings (SSSR count). The van der Waals surface area contributed by atoms with Gasteiger partial charge in [-0.2, -0.15) is 0 Å². The molecule has 0 aliphatic carbocycles. The number of nitrogen functional groups attached to an aromatic ring is 1. The van der Waals surface area contributed by atoms with Gasteiger partial charge in [-0.05, 0) is 35.9 Å². The number of nitrogens with one attached hydrogen (secondary N) is 1. The molecule has 0 atom stereocenters. The van der Waals surface area contributed by atoms with Crippen molar-refractivity contribution in [3.8, 4) is 0 Å². The van der Waals surface area contributed by atoms with Gasteiger partial charge in [0, 0.05) is 23.0 Å². The van der Waals surface area contributed by atoms with E-state index in [2.05, 4.69) is 0 Å². The zero-order chi connectivity index (χ0) is 16.6. The zero-order valence-corrected chi connectivity index (χ0v) is 12.1. The Kier molecular flexibility index (Phi) is 3.57. The molecule has 0 saturated heterocycles. The molecule has 0 radical (unpaired) electrons. The van der Waals surface area contributed by atoms with Crippen LogP contribution in [0.5, 0.6) is 0 Å². The third-order valence-electron chi connectivity index (χ3n) is 3.66. The highest BCUT2D eigenvalue weighted by atomic mass is 19.1. The molecule has 2 aromatic carbocycles. The molecular weight excluding hydrogens is 297 g/mol. The first-order chi connectivity index (χ1) is 11.0. The molecule has 5 nitrogen and oxygen atoms in total. The van der Waals surface area contributed by atoms with Gasteiger partial charge < -0.3 is 15.4 Å². The van der Waals surface area contributed by atoms with Crippen molar-refractivity contribution in [2.45, 2.75) is 6.54 Å². The van der Waals surface area contributed by atoms with Crippen LogP contribution in [0.2, 0.25) is 0 Å². The number of hydrogen-bond donors (Lipinski definition) is 3. The number of nitrogens with zero attached hydrogens (tertiary/aromatic N) is 1. The Morgan fingerprint density at radius 3 is 2.70 bits per heavy atom. The second-order valence-electron chi connectivity index (χ2n) is 5.24. The Labute approximate surface area is 131 Å². The summed E-state index contributed by atoms with van der Waals surface area (Å²) in [4.78, 5) is 11.5. The highest BCUT2D eigenvalue weighted by Gasteiger charge is 2.15. The molecule has 0 fully saturated rings. The standard InChI is InChI=1S/C17H14FN3O2/c18-13-4-5-14-12(7-13)8-15(17(22)23)21(14)9-10-2-1-3-11(6-10)16(19)20/h1-8H,9H2,(H3,19,20)(H,22,23). The van der Waals surface area contributed by atoms with E-state index < -0.39 is 11.8 Å². The molecule has 0 unspecified atom stereocenters. The molecular formula is C17H14FN3O2. The molecule has 0 aliphatic heterocycles. The van der Waals surface area contributed by atoms with Gasteiger partial charge in [0.2, 0.25) is 0 Å². The van der Waals surface area contributed by atoms with Crippen molar-refractivity contribution >= 4 is 22.7 Å². The van der Waals surface area contributed by atoms with E-state index in [-0.39, 0.29) is 18.1 Å². The molecule has 1 aromatic heterocycles. The molecule has 116 valence electrons. The first kappa shape index (κ1) is 14.8. The summed E-state index contributed by atoms with van der Waals surface area (Å²) in [5.74, 6) is -1.54. The Hall–Kier alpha value is -3.15. The van der Waals surface area contributed by atoms with E-state index in [0.29, 0.717) is 16.5 Å². The quantitative estimate of drug-likeness (QED) is 0.511. The minimum absolute atomic E-state index is 0.0512. The second kappa shape index (κ2) is 5.57. The van der Waals surface area contributed by atoms with Crippen LogP contribution in [0, 0.1) is 11.2 Å². The third kappa shape index (κ3) is 2.78. The maximum atomic E-state index is 13.4. The van der Waals surface area contributed by atoms with Crippen molar-refractivity contribution in [3.05, 3.63) is 71.2 Å². The van der Waals surface area contributed by atoms with Gasteiger partial charge in [0.15, 0.2) is 0 Å². The number of aromatic nitrogens is 1. The highest BCUT2D eigenvalue weighted by molar-refractivity contribution is 5.95. The van der Waals surface area contributed by atoms with Crippen LogP contribution in [0.15, 0.2) is 48.5 Å². The lowest BCUT2D eigenvalue weighted by molar-refractivity contribution is 0.0686. The molecule has 0 spiro atoms. The number of amidine groups is 1. The summed E-state index contributed by atoms with van der Waals surface area (Å²) >= 11 is 0. The monoisotopic (exact) mass is 311 g/mol. The summed E-state index contributed by atoms with van der Waals surface area (Å²) in [6.07, 6.45) is 0. The number of rotatable bonds is 4. The molecule has 0 bridgehead atoms. The van der Waals surface area contributed by atoms with Crippen molar-refractivity contribution < 1.29 is 14.3 Å². The second-order valence-corrected chi connectivity index (χ2v) is 5.24. The fourth-order valence-corrected chi connectivity index (χ4v) is 2.61. The zero-order valence-electron chi connectivity index (χ0n) is 12.1. The lowest BCUT2D eigenvalue weighted by atomic mass is 10.1. The molecule has 4 N–H and O–H groups in total. The van der Waals surface area contributed by atoms with Gasteiger partial charge in [0.1, 0.15) is 17.3 Å². The van der Waals surface area contributed by atoms with Crippen LogP contribution in [0.25, 0.3) is 10.9 Å². The number of benzene rings is 2. The number of nitrogens with two attached hydrogens (primary N) is 1. The lowest BCUT2D eigenvalue weighted by Gasteiger charge is -2.10. The van der Waals surface area contributed by atoms with Crippen LogP contribution in [0.3, 0.4) is 0 Å². The predicted molar refractivity (Wildman–Crippen MR) is 85.4 cm³/mol. The van der Waals surface area contributed by atoms with Crippen molar-refractivity contribution in [1.29, 1.82) is 5.41 Å². The van der Waals surface area contributed by atoms with E-state index in [1.807, 2.05) is 6.07 Å². The SMILES string of the molecule is N=C(N)c1cccc(Cn2c(C(=O)O)cc3cc(F)ccc32)c1. The van der Waals surface area contributed by atoms with Gasteiger partial charge in [-0.25, -0.2) is 9.18 Å². The van der Waals surface area contributed by atoms with E-state index >= 15 is 0 Å². The van der Waals surface area contributed by atoms with Gasteiger partial charge in [-0.3, -0.25) is 5.41 Å². The third-order valence-corrected chi connectivity index (χ3v) is 3.66. The van der Waals surface area contributed by atoms with Crippen LogP contribution in [0.4, 0.5) is 4.39 Å². The van der Waals surface area contributed by atoms with Crippen LogP contribution in [-0.2, 0) is 6.54 Å². The summed E-state index contributed by atoms with van der Waals surface area (Å²) in [7, 11) is 0. The summed E-state index contributed by atoms with van der Waals surface area (Å²) in [5.41, 5.74) is 7.58. The first-order valence-electron chi connectivity index (χ1n) is 6.91. The van der Waals surface area contributed by atoms with Crippen LogP contribution in [0.1, 0.15) is 21.6 Å². The summed E-state index contributed by atoms with van der Waals surface area (Å²) in [6.45, 7) is 0.290. The summed E-state index contributed by atoms with van der Waals surface area (Å²) in [5, 5.41) is 17.4. The average molecular weight is 311 g/mol. The van der Waals surface area contributed by atoms with E-state index in [0.717, 1.165) is 5.56 Å². The minimum atomic E-state index is -1.08. The maximum absolute atomic E-state index is 13.4. The van der Waals surface area contributed by atoms with Crippen LogP contribution >= 0.6 is 0 Å². The summed E-state index contributed by atoms with van der Waals surface area (Å²) in [6, 6.07) is 12.7. The van der Waals surface area contributed by atoms with Gasteiger partial charge in [0.25, 0.3) is 0 Å². The van der Waals surface area contributed by atoms with Gasteiger partial charge in [-0.15, -0.1) is 0 Å². The van der Waals surface area contributed by atoms with Gasteiger partial charge >= 0.3 is 5.97 Å². The van der Waals surface area contributed by atoms with Gasteiger partial charge in [0.05, 0.1) is 0 Å². The van der Waals surface area contributed by atoms with Crippen molar-refractivity contribution in [2.75, 3.05) is 0 Å². The molecule has 0 saturated carbocycles. The number of hydrogen-bond acceptors (Lipinski definition) is 2. The molecule has 0 amide bonds. The summed E-state index contributed by atoms with van der Waals surface area (Å²) < 4.78 is 15.0. The number of aromatic carboxylic acids is 1. The largest absolute Gasteiger partial charge is 0.477 e. The molecule has 3 aromatic rings. The van der Waals surface area contributed by atoms with Crippen LogP contribution in [-0.4, -0.2) is 21.5 Å². The van der Waals surface area contributed by atoms with Crippen molar-refractivity contribution in [2.24, 2.45) is 5.73 Å². The van der Waals surface area contributed by atoms with E-state index in [9.17, 15) is 14.3 Å². The molecule has 6 heteroatoms. The van der Waals surface area contributed by atoms with Crippen LogP contribution < -0.4 is 5.73 Å². The van der Waals surface area contributed by atoms with Gasteiger partial charge in [-0.1, -0.05) is 18.2 Å². The Morgan fingerprint density at radius 1 is 1.22 bits per heavy atom. The highest BCUT2D eigenvalue weighted by Crippen LogP contribution is 2.23.